The maximum Gasteiger partial charge on any atom is 0.140 e. The molecule has 3 nitrogen and oxygen atoms in total. The van der Waals surface area contributed by atoms with Crippen molar-refractivity contribution in [2.75, 3.05) is 6.61 Å². The van der Waals surface area contributed by atoms with Gasteiger partial charge in [0.05, 0.1) is 12.3 Å². The van der Waals surface area contributed by atoms with Gasteiger partial charge in [-0.25, -0.2) is 0 Å². The molecule has 0 spiro atoms. The van der Waals surface area contributed by atoms with Crippen LogP contribution in [-0.4, -0.2) is 11.6 Å². The first-order valence-corrected chi connectivity index (χ1v) is 5.84. The molecule has 0 N–H and O–H groups in total. The van der Waals surface area contributed by atoms with Crippen molar-refractivity contribution in [3.63, 3.8) is 0 Å². The van der Waals surface area contributed by atoms with E-state index in [-0.39, 0.29) is 5.41 Å². The summed E-state index contributed by atoms with van der Waals surface area (Å²) in [5.74, 6) is 0.654. The second-order valence-electron chi connectivity index (χ2n) is 5.49. The summed E-state index contributed by atoms with van der Waals surface area (Å²) in [4.78, 5) is 4.26. The quantitative estimate of drug-likeness (QED) is 0.802. The third-order valence-electron chi connectivity index (χ3n) is 2.51. The number of hydrogen-bond donors (Lipinski definition) is 0. The van der Waals surface area contributed by atoms with E-state index in [4.69, 9.17) is 10.00 Å². The normalized spacial score (nSPS) is 11.1. The summed E-state index contributed by atoms with van der Waals surface area (Å²) in [5, 5.41) is 9.08. The van der Waals surface area contributed by atoms with Crippen LogP contribution in [0.2, 0.25) is 0 Å². The van der Waals surface area contributed by atoms with Crippen molar-refractivity contribution in [1.82, 2.24) is 4.98 Å². The van der Waals surface area contributed by atoms with Crippen molar-refractivity contribution in [3.05, 3.63) is 23.0 Å². The molecule has 1 heterocycles. The summed E-state index contributed by atoms with van der Waals surface area (Å²) in [6, 6.07) is 3.98. The SMILES string of the molecule is Cc1cc(OCCC(C)(C)C)c(C#N)c(C)n1. The molecule has 0 aromatic carbocycles. The Hall–Kier alpha value is -1.56. The van der Waals surface area contributed by atoms with Gasteiger partial charge in [-0.3, -0.25) is 4.98 Å². The molecule has 0 radical (unpaired) electrons. The number of aromatic nitrogens is 1. The first-order chi connectivity index (χ1) is 7.83. The van der Waals surface area contributed by atoms with Crippen molar-refractivity contribution in [3.8, 4) is 11.8 Å². The molecule has 0 unspecified atom stereocenters. The number of hydrogen-bond acceptors (Lipinski definition) is 3. The van der Waals surface area contributed by atoms with Crippen molar-refractivity contribution < 1.29 is 4.74 Å². The van der Waals surface area contributed by atoms with Crippen LogP contribution in [0.4, 0.5) is 0 Å². The van der Waals surface area contributed by atoms with Gasteiger partial charge in [0.25, 0.3) is 0 Å². The van der Waals surface area contributed by atoms with Gasteiger partial charge in [0.2, 0.25) is 0 Å². The summed E-state index contributed by atoms with van der Waals surface area (Å²) in [5.41, 5.74) is 2.40. The zero-order valence-corrected chi connectivity index (χ0v) is 11.3. The molecule has 0 amide bonds. The molecule has 92 valence electrons. The lowest BCUT2D eigenvalue weighted by molar-refractivity contribution is 0.242. The Labute approximate surface area is 103 Å². The van der Waals surface area contributed by atoms with Gasteiger partial charge in [-0.15, -0.1) is 0 Å². The molecule has 0 saturated carbocycles. The number of aryl methyl sites for hydroxylation is 2. The molecular weight excluding hydrogens is 212 g/mol. The van der Waals surface area contributed by atoms with Crippen molar-refractivity contribution in [1.29, 1.82) is 5.26 Å². The van der Waals surface area contributed by atoms with E-state index in [2.05, 4.69) is 31.8 Å². The number of pyridine rings is 1. The lowest BCUT2D eigenvalue weighted by Crippen LogP contribution is -2.12. The van der Waals surface area contributed by atoms with Gasteiger partial charge < -0.3 is 4.74 Å². The molecule has 0 saturated heterocycles. The average Bonchev–Trinajstić information content (AvgIpc) is 2.14. The molecule has 0 fully saturated rings. The minimum absolute atomic E-state index is 0.240. The summed E-state index contributed by atoms with van der Waals surface area (Å²) in [7, 11) is 0. The lowest BCUT2D eigenvalue weighted by atomic mass is 9.93. The van der Waals surface area contributed by atoms with E-state index >= 15 is 0 Å². The fourth-order valence-electron chi connectivity index (χ4n) is 1.51. The summed E-state index contributed by atoms with van der Waals surface area (Å²) in [6.45, 7) is 10.9. The highest BCUT2D eigenvalue weighted by atomic mass is 16.5. The Kier molecular flexibility index (Phi) is 4.11. The second-order valence-corrected chi connectivity index (χ2v) is 5.49. The second kappa shape index (κ2) is 5.18. The molecule has 1 rings (SSSR count). The van der Waals surface area contributed by atoms with E-state index in [1.54, 1.807) is 0 Å². The van der Waals surface area contributed by atoms with Crippen LogP contribution in [0.3, 0.4) is 0 Å². The molecule has 3 heteroatoms. The van der Waals surface area contributed by atoms with Crippen molar-refractivity contribution >= 4 is 0 Å². The summed E-state index contributed by atoms with van der Waals surface area (Å²) in [6.07, 6.45) is 0.957. The van der Waals surface area contributed by atoms with Crippen LogP contribution in [0.1, 0.15) is 44.1 Å². The molecule has 0 bridgehead atoms. The van der Waals surface area contributed by atoms with Crippen LogP contribution in [0.5, 0.6) is 5.75 Å². The van der Waals surface area contributed by atoms with Gasteiger partial charge in [-0.1, -0.05) is 20.8 Å². The number of rotatable bonds is 3. The van der Waals surface area contributed by atoms with Crippen LogP contribution in [0.15, 0.2) is 6.07 Å². The summed E-state index contributed by atoms with van der Waals surface area (Å²) >= 11 is 0. The highest BCUT2D eigenvalue weighted by molar-refractivity contribution is 5.46. The minimum atomic E-state index is 0.240. The number of ether oxygens (including phenoxy) is 1. The monoisotopic (exact) mass is 232 g/mol. The Balaban J connectivity index is 2.81. The van der Waals surface area contributed by atoms with Gasteiger partial charge in [-0.05, 0) is 25.7 Å². The van der Waals surface area contributed by atoms with E-state index in [1.165, 1.54) is 0 Å². The Morgan fingerprint density at radius 2 is 2.00 bits per heavy atom. The molecular formula is C14H20N2O. The van der Waals surface area contributed by atoms with E-state index in [0.29, 0.717) is 17.9 Å². The topological polar surface area (TPSA) is 45.9 Å². The van der Waals surface area contributed by atoms with E-state index < -0.39 is 0 Å². The third kappa shape index (κ3) is 4.07. The highest BCUT2D eigenvalue weighted by Gasteiger charge is 2.13. The number of nitriles is 1. The van der Waals surface area contributed by atoms with Crippen LogP contribution < -0.4 is 4.74 Å². The lowest BCUT2D eigenvalue weighted by Gasteiger charge is -2.18. The van der Waals surface area contributed by atoms with Crippen LogP contribution in [-0.2, 0) is 0 Å². The predicted molar refractivity (Wildman–Crippen MR) is 68.0 cm³/mol. The maximum absolute atomic E-state index is 9.08. The van der Waals surface area contributed by atoms with Gasteiger partial charge >= 0.3 is 0 Å². The van der Waals surface area contributed by atoms with Gasteiger partial charge in [-0.2, -0.15) is 5.26 Å². The molecule has 1 aromatic rings. The van der Waals surface area contributed by atoms with E-state index in [9.17, 15) is 0 Å². The van der Waals surface area contributed by atoms with Crippen LogP contribution in [0.25, 0.3) is 0 Å². The number of nitrogens with zero attached hydrogens (tertiary/aromatic N) is 2. The van der Waals surface area contributed by atoms with Gasteiger partial charge in [0, 0.05) is 11.8 Å². The standard InChI is InChI=1S/C14H20N2O/c1-10-8-13(12(9-15)11(2)16-10)17-7-6-14(3,4)5/h8H,6-7H2,1-5H3. The summed E-state index contributed by atoms with van der Waals surface area (Å²) < 4.78 is 5.70. The van der Waals surface area contributed by atoms with E-state index in [1.807, 2.05) is 19.9 Å². The zero-order chi connectivity index (χ0) is 13.1. The smallest absolute Gasteiger partial charge is 0.140 e. The first kappa shape index (κ1) is 13.5. The first-order valence-electron chi connectivity index (χ1n) is 5.84. The Bertz CT molecular complexity index is 439. The predicted octanol–water partition coefficient (Wildman–Crippen LogP) is 3.39. The third-order valence-corrected chi connectivity index (χ3v) is 2.51. The van der Waals surface area contributed by atoms with Crippen LogP contribution >= 0.6 is 0 Å². The largest absolute Gasteiger partial charge is 0.492 e. The minimum Gasteiger partial charge on any atom is -0.492 e. The average molecular weight is 232 g/mol. The highest BCUT2D eigenvalue weighted by Crippen LogP contribution is 2.23. The van der Waals surface area contributed by atoms with Crippen molar-refractivity contribution in [2.24, 2.45) is 5.41 Å². The molecule has 1 aromatic heterocycles. The van der Waals surface area contributed by atoms with Crippen LogP contribution in [0, 0.1) is 30.6 Å². The molecule has 0 atom stereocenters. The fourth-order valence-corrected chi connectivity index (χ4v) is 1.51. The molecule has 17 heavy (non-hydrogen) atoms. The van der Waals surface area contributed by atoms with Gasteiger partial charge in [0.15, 0.2) is 0 Å². The Morgan fingerprint density at radius 1 is 1.35 bits per heavy atom. The maximum atomic E-state index is 9.08. The molecule has 0 aliphatic rings. The molecule has 0 aliphatic heterocycles. The zero-order valence-electron chi connectivity index (χ0n) is 11.3. The fraction of sp³-hybridized carbons (Fsp3) is 0.571. The van der Waals surface area contributed by atoms with Gasteiger partial charge in [0.1, 0.15) is 17.4 Å². The molecule has 0 aliphatic carbocycles. The van der Waals surface area contributed by atoms with Crippen molar-refractivity contribution in [2.45, 2.75) is 41.0 Å². The van der Waals surface area contributed by atoms with E-state index in [0.717, 1.165) is 17.8 Å². The Morgan fingerprint density at radius 3 is 2.53 bits per heavy atom.